The lowest BCUT2D eigenvalue weighted by molar-refractivity contribution is -0.142. The molecule has 144 valence electrons. The molecule has 0 aliphatic heterocycles. The highest BCUT2D eigenvalue weighted by atomic mass is 35.5. The molecule has 1 aliphatic carbocycles. The smallest absolute Gasteiger partial charge is 0.343 e. The first-order chi connectivity index (χ1) is 13.0. The van der Waals surface area contributed by atoms with Gasteiger partial charge in [0.05, 0.1) is 7.11 Å². The van der Waals surface area contributed by atoms with Gasteiger partial charge >= 0.3 is 5.97 Å². The van der Waals surface area contributed by atoms with Crippen molar-refractivity contribution in [3.63, 3.8) is 0 Å². The van der Waals surface area contributed by atoms with Crippen LogP contribution in [-0.4, -0.2) is 25.7 Å². The number of halogens is 1. The average molecular weight is 388 g/mol. The highest BCUT2D eigenvalue weighted by molar-refractivity contribution is 6.30. The summed E-state index contributed by atoms with van der Waals surface area (Å²) >= 11 is 6.11. The molecule has 4 nitrogen and oxygen atoms in total. The second-order valence-electron chi connectivity index (χ2n) is 7.08. The van der Waals surface area contributed by atoms with Gasteiger partial charge in [-0.1, -0.05) is 35.9 Å². The number of benzene rings is 2. The summed E-state index contributed by atoms with van der Waals surface area (Å²) in [6, 6.07) is 16.9. The van der Waals surface area contributed by atoms with Gasteiger partial charge in [0, 0.05) is 17.1 Å². The molecule has 0 heterocycles. The van der Waals surface area contributed by atoms with Crippen LogP contribution in [-0.2, 0) is 9.53 Å². The maximum absolute atomic E-state index is 11.1. The fourth-order valence-electron chi connectivity index (χ4n) is 3.70. The van der Waals surface area contributed by atoms with E-state index in [4.69, 9.17) is 16.3 Å². The molecule has 2 aromatic carbocycles. The van der Waals surface area contributed by atoms with Gasteiger partial charge in [-0.3, -0.25) is 0 Å². The Bertz CT molecular complexity index is 762. The van der Waals surface area contributed by atoms with E-state index in [0.29, 0.717) is 17.7 Å². The number of hydrogen-bond acceptors (Lipinski definition) is 4. The van der Waals surface area contributed by atoms with Crippen molar-refractivity contribution < 1.29 is 14.3 Å². The molecule has 27 heavy (non-hydrogen) atoms. The zero-order chi connectivity index (χ0) is 19.2. The van der Waals surface area contributed by atoms with Gasteiger partial charge in [0.2, 0.25) is 0 Å². The minimum Gasteiger partial charge on any atom is -0.482 e. The van der Waals surface area contributed by atoms with Crippen LogP contribution in [0, 0.1) is 0 Å². The van der Waals surface area contributed by atoms with Crippen LogP contribution < -0.4 is 10.1 Å². The summed E-state index contributed by atoms with van der Waals surface area (Å²) < 4.78 is 9.99. The number of ether oxygens (including phenoxy) is 2. The summed E-state index contributed by atoms with van der Waals surface area (Å²) in [6.45, 7) is 2.12. The molecular weight excluding hydrogens is 362 g/mol. The lowest BCUT2D eigenvalue weighted by Crippen LogP contribution is -2.29. The van der Waals surface area contributed by atoms with Gasteiger partial charge in [-0.2, -0.15) is 0 Å². The predicted octanol–water partition coefficient (Wildman–Crippen LogP) is 4.88. The molecule has 0 saturated heterocycles. The van der Waals surface area contributed by atoms with Crippen LogP contribution in [0.4, 0.5) is 0 Å². The topological polar surface area (TPSA) is 47.6 Å². The van der Waals surface area contributed by atoms with Gasteiger partial charge in [0.15, 0.2) is 6.61 Å². The Morgan fingerprint density at radius 2 is 2.00 bits per heavy atom. The van der Waals surface area contributed by atoms with Crippen LogP contribution >= 0.6 is 11.6 Å². The first-order valence-electron chi connectivity index (χ1n) is 9.36. The fraction of sp³-hybridized carbons (Fsp3) is 0.409. The Morgan fingerprint density at radius 3 is 2.70 bits per heavy atom. The highest BCUT2D eigenvalue weighted by Gasteiger charge is 2.27. The van der Waals surface area contributed by atoms with Gasteiger partial charge in [0.1, 0.15) is 5.75 Å². The van der Waals surface area contributed by atoms with Crippen molar-refractivity contribution in [1.82, 2.24) is 5.32 Å². The predicted molar refractivity (Wildman–Crippen MR) is 107 cm³/mol. The van der Waals surface area contributed by atoms with E-state index in [-0.39, 0.29) is 18.6 Å². The van der Waals surface area contributed by atoms with Gasteiger partial charge in [0.25, 0.3) is 0 Å². The molecule has 1 fully saturated rings. The second-order valence-corrected chi connectivity index (χ2v) is 7.52. The Balaban J connectivity index is 1.52. The molecule has 0 amide bonds. The van der Waals surface area contributed by atoms with E-state index in [0.717, 1.165) is 17.9 Å². The number of hydrogen-bond donors (Lipinski definition) is 1. The second kappa shape index (κ2) is 9.25. The molecule has 3 rings (SSSR count). The molecule has 1 N–H and O–H groups in total. The first kappa shape index (κ1) is 19.7. The summed E-state index contributed by atoms with van der Waals surface area (Å²) in [4.78, 5) is 11.1. The summed E-state index contributed by atoms with van der Waals surface area (Å²) in [6.07, 6.45) is 3.45. The van der Waals surface area contributed by atoms with Crippen LogP contribution in [0.2, 0.25) is 5.02 Å². The number of nitrogens with one attached hydrogen (secondary N) is 1. The van der Waals surface area contributed by atoms with E-state index in [1.807, 2.05) is 30.3 Å². The monoisotopic (exact) mass is 387 g/mol. The first-order valence-corrected chi connectivity index (χ1v) is 9.74. The SMILES string of the molecule is COC(=O)COc1ccc([C@@H]2CCC(N[C@H](C)c3cccc(Cl)c3)C2)cc1. The lowest BCUT2D eigenvalue weighted by Gasteiger charge is -2.20. The third-order valence-corrected chi connectivity index (χ3v) is 5.44. The molecule has 1 unspecified atom stereocenters. The quantitative estimate of drug-likeness (QED) is 0.688. The Morgan fingerprint density at radius 1 is 1.22 bits per heavy atom. The Kier molecular flexibility index (Phi) is 6.75. The van der Waals surface area contributed by atoms with Crippen LogP contribution in [0.5, 0.6) is 5.75 Å². The van der Waals surface area contributed by atoms with Crippen LogP contribution in [0.25, 0.3) is 0 Å². The van der Waals surface area contributed by atoms with Crippen molar-refractivity contribution >= 4 is 17.6 Å². The van der Waals surface area contributed by atoms with Gasteiger partial charge in [-0.15, -0.1) is 0 Å². The minimum absolute atomic E-state index is 0.0628. The summed E-state index contributed by atoms with van der Waals surface area (Å²) in [5.74, 6) is 0.854. The number of esters is 1. The summed E-state index contributed by atoms with van der Waals surface area (Å²) in [7, 11) is 1.35. The standard InChI is InChI=1S/C22H26ClNO3/c1-15(17-4-3-5-19(23)12-17)24-20-9-6-18(13-20)16-7-10-21(11-8-16)27-14-22(25)26-2/h3-5,7-8,10-12,15,18,20,24H,6,9,13-14H2,1-2H3/t15-,18-,20?/m1/s1. The number of rotatable bonds is 7. The molecule has 1 aliphatic rings. The van der Waals surface area contributed by atoms with E-state index in [9.17, 15) is 4.79 Å². The van der Waals surface area contributed by atoms with Gasteiger partial charge < -0.3 is 14.8 Å². The van der Waals surface area contributed by atoms with Crippen molar-refractivity contribution in [2.75, 3.05) is 13.7 Å². The number of carbonyl (C=O) groups excluding carboxylic acids is 1. The van der Waals surface area contributed by atoms with E-state index in [1.54, 1.807) is 0 Å². The van der Waals surface area contributed by atoms with E-state index >= 15 is 0 Å². The molecule has 0 spiro atoms. The summed E-state index contributed by atoms with van der Waals surface area (Å²) in [5, 5.41) is 4.52. The van der Waals surface area contributed by atoms with Crippen molar-refractivity contribution in [2.24, 2.45) is 0 Å². The third kappa shape index (κ3) is 5.47. The zero-order valence-corrected chi connectivity index (χ0v) is 16.5. The minimum atomic E-state index is -0.377. The van der Waals surface area contributed by atoms with Gasteiger partial charge in [-0.05, 0) is 67.5 Å². The molecule has 0 aromatic heterocycles. The van der Waals surface area contributed by atoms with Crippen LogP contribution in [0.1, 0.15) is 49.3 Å². The van der Waals surface area contributed by atoms with E-state index < -0.39 is 0 Å². The lowest BCUT2D eigenvalue weighted by atomic mass is 9.97. The molecule has 0 radical (unpaired) electrons. The molecule has 3 atom stereocenters. The van der Waals surface area contributed by atoms with Gasteiger partial charge in [-0.25, -0.2) is 4.79 Å². The molecule has 5 heteroatoms. The fourth-order valence-corrected chi connectivity index (χ4v) is 3.90. The largest absolute Gasteiger partial charge is 0.482 e. The van der Waals surface area contributed by atoms with Crippen molar-refractivity contribution in [3.8, 4) is 5.75 Å². The number of carbonyl (C=O) groups is 1. The summed E-state index contributed by atoms with van der Waals surface area (Å²) in [5.41, 5.74) is 2.54. The average Bonchev–Trinajstić information content (AvgIpc) is 3.15. The number of methoxy groups -OCH3 is 1. The highest BCUT2D eigenvalue weighted by Crippen LogP contribution is 2.36. The van der Waals surface area contributed by atoms with E-state index in [1.165, 1.54) is 24.7 Å². The van der Waals surface area contributed by atoms with Crippen LogP contribution in [0.15, 0.2) is 48.5 Å². The third-order valence-electron chi connectivity index (χ3n) is 5.20. The van der Waals surface area contributed by atoms with Crippen molar-refractivity contribution in [1.29, 1.82) is 0 Å². The normalized spacial score (nSPS) is 20.3. The zero-order valence-electron chi connectivity index (χ0n) is 15.8. The Labute approximate surface area is 165 Å². The maximum atomic E-state index is 11.1. The van der Waals surface area contributed by atoms with Crippen LogP contribution in [0.3, 0.4) is 0 Å². The van der Waals surface area contributed by atoms with Crippen molar-refractivity contribution in [2.45, 2.75) is 44.2 Å². The molecule has 0 bridgehead atoms. The molecular formula is C22H26ClNO3. The molecule has 2 aromatic rings. The van der Waals surface area contributed by atoms with E-state index in [2.05, 4.69) is 35.2 Å². The maximum Gasteiger partial charge on any atom is 0.343 e. The Hall–Kier alpha value is -2.04. The van der Waals surface area contributed by atoms with Crippen molar-refractivity contribution in [3.05, 3.63) is 64.7 Å². The molecule has 1 saturated carbocycles.